The van der Waals surface area contributed by atoms with Gasteiger partial charge in [0.1, 0.15) is 11.5 Å². The molecule has 3 aromatic carbocycles. The van der Waals surface area contributed by atoms with Crippen molar-refractivity contribution < 1.29 is 14.0 Å². The molecule has 1 aliphatic heterocycles. The Hall–Kier alpha value is -4.12. The Labute approximate surface area is 218 Å². The van der Waals surface area contributed by atoms with Crippen LogP contribution in [0.15, 0.2) is 95.4 Å². The van der Waals surface area contributed by atoms with Gasteiger partial charge in [0, 0.05) is 42.7 Å². The van der Waals surface area contributed by atoms with Crippen LogP contribution in [-0.2, 0) is 29.0 Å². The molecule has 5 nitrogen and oxygen atoms in total. The zero-order valence-electron chi connectivity index (χ0n) is 21.2. The summed E-state index contributed by atoms with van der Waals surface area (Å²) in [5, 5.41) is 3.05. The molecule has 1 aromatic heterocycles. The predicted molar refractivity (Wildman–Crippen MR) is 146 cm³/mol. The molecule has 0 saturated carbocycles. The van der Waals surface area contributed by atoms with Gasteiger partial charge in [-0.05, 0) is 54.3 Å². The highest BCUT2D eigenvalue weighted by Gasteiger charge is 2.24. The summed E-state index contributed by atoms with van der Waals surface area (Å²) in [4.78, 5) is 27.6. The third-order valence-electron chi connectivity index (χ3n) is 7.05. The Morgan fingerprint density at radius 2 is 1.65 bits per heavy atom. The lowest BCUT2D eigenvalue weighted by Gasteiger charge is -2.26. The van der Waals surface area contributed by atoms with Crippen molar-refractivity contribution in [2.45, 2.75) is 45.1 Å². The Morgan fingerprint density at radius 1 is 0.946 bits per heavy atom. The number of fused-ring (bicyclic) bond motifs is 1. The average Bonchev–Trinajstić information content (AvgIpc) is 3.37. The second-order valence-corrected chi connectivity index (χ2v) is 9.55. The molecule has 5 heteroatoms. The Balaban J connectivity index is 1.20. The van der Waals surface area contributed by atoms with Crippen molar-refractivity contribution in [2.75, 3.05) is 11.9 Å². The number of furan rings is 1. The summed E-state index contributed by atoms with van der Waals surface area (Å²) in [5.41, 5.74) is 4.98. The van der Waals surface area contributed by atoms with Gasteiger partial charge < -0.3 is 14.6 Å². The van der Waals surface area contributed by atoms with Crippen molar-refractivity contribution >= 4 is 17.5 Å². The van der Waals surface area contributed by atoms with Gasteiger partial charge in [-0.25, -0.2) is 0 Å². The van der Waals surface area contributed by atoms with Gasteiger partial charge in [0.05, 0.1) is 5.92 Å². The van der Waals surface area contributed by atoms with E-state index in [4.69, 9.17) is 4.42 Å². The van der Waals surface area contributed by atoms with E-state index in [-0.39, 0.29) is 17.7 Å². The van der Waals surface area contributed by atoms with Crippen molar-refractivity contribution in [3.05, 3.63) is 113 Å². The van der Waals surface area contributed by atoms with Gasteiger partial charge in [-0.1, -0.05) is 67.6 Å². The van der Waals surface area contributed by atoms with Crippen LogP contribution in [0, 0.1) is 0 Å². The number of carbonyl (C=O) groups is 2. The largest absolute Gasteiger partial charge is 0.461 e. The van der Waals surface area contributed by atoms with Crippen LogP contribution >= 0.6 is 0 Å². The first-order chi connectivity index (χ1) is 18.1. The second-order valence-electron chi connectivity index (χ2n) is 9.55. The fraction of sp³-hybridized carbons (Fsp3) is 0.250. The smallest absolute Gasteiger partial charge is 0.231 e. The molecular weight excluding hydrogens is 460 g/mol. The molecule has 0 bridgehead atoms. The molecule has 1 aliphatic rings. The molecule has 188 valence electrons. The van der Waals surface area contributed by atoms with Crippen LogP contribution in [0.5, 0.6) is 0 Å². The highest BCUT2D eigenvalue weighted by Crippen LogP contribution is 2.31. The van der Waals surface area contributed by atoms with Crippen LogP contribution in [0.4, 0.5) is 5.69 Å². The number of hydrogen-bond donors (Lipinski definition) is 1. The number of benzene rings is 3. The number of aryl methyl sites for hydroxylation is 1. The Morgan fingerprint density at radius 3 is 2.35 bits per heavy atom. The SMILES string of the molecule is CCC(C(=O)Nc1ccc(-c2cc3c(o2)CCN(C(=O)CCc2ccccc2)C3)cc1)c1ccccc1. The maximum atomic E-state index is 12.9. The van der Waals surface area contributed by atoms with Crippen molar-refractivity contribution in [1.82, 2.24) is 4.90 Å². The standard InChI is InChI=1S/C32H32N2O3/c1-2-28(24-11-7-4-8-12-24)32(36)33-27-16-14-25(15-17-27)30-21-26-22-34(20-19-29(26)37-30)31(35)18-13-23-9-5-3-6-10-23/h3-12,14-17,21,28H,2,13,18-20,22H2,1H3,(H,33,36). The second kappa shape index (κ2) is 11.3. The number of amides is 2. The van der Waals surface area contributed by atoms with Crippen LogP contribution in [0.2, 0.25) is 0 Å². The molecule has 1 N–H and O–H groups in total. The van der Waals surface area contributed by atoms with Crippen LogP contribution in [0.1, 0.15) is 48.1 Å². The van der Waals surface area contributed by atoms with Gasteiger partial charge in [0.25, 0.3) is 0 Å². The van der Waals surface area contributed by atoms with Crippen molar-refractivity contribution in [3.8, 4) is 11.3 Å². The van der Waals surface area contributed by atoms with Gasteiger partial charge >= 0.3 is 0 Å². The molecule has 5 rings (SSSR count). The monoisotopic (exact) mass is 492 g/mol. The molecule has 37 heavy (non-hydrogen) atoms. The van der Waals surface area contributed by atoms with Crippen molar-refractivity contribution in [2.24, 2.45) is 0 Å². The number of nitrogens with zero attached hydrogens (tertiary/aromatic N) is 1. The van der Waals surface area contributed by atoms with Crippen LogP contribution in [-0.4, -0.2) is 23.3 Å². The Bertz CT molecular complexity index is 1340. The Kier molecular flexibility index (Phi) is 7.50. The van der Waals surface area contributed by atoms with E-state index in [1.54, 1.807) is 0 Å². The van der Waals surface area contributed by atoms with Gasteiger partial charge in [-0.2, -0.15) is 0 Å². The molecule has 0 fully saturated rings. The minimum absolute atomic E-state index is 0.00747. The van der Waals surface area contributed by atoms with E-state index in [2.05, 4.69) is 17.4 Å². The molecular formula is C32H32N2O3. The summed E-state index contributed by atoms with van der Waals surface area (Å²) < 4.78 is 6.16. The summed E-state index contributed by atoms with van der Waals surface area (Å²) in [7, 11) is 0. The van der Waals surface area contributed by atoms with Crippen LogP contribution in [0.25, 0.3) is 11.3 Å². The molecule has 0 radical (unpaired) electrons. The summed E-state index contributed by atoms with van der Waals surface area (Å²) >= 11 is 0. The summed E-state index contributed by atoms with van der Waals surface area (Å²) in [5.74, 6) is 1.73. The first kappa shape index (κ1) is 24.6. The highest BCUT2D eigenvalue weighted by atomic mass is 16.3. The molecule has 2 heterocycles. The maximum Gasteiger partial charge on any atom is 0.231 e. The van der Waals surface area contributed by atoms with Gasteiger partial charge in [-0.15, -0.1) is 0 Å². The molecule has 4 aromatic rings. The predicted octanol–water partition coefficient (Wildman–Crippen LogP) is 6.60. The summed E-state index contributed by atoms with van der Waals surface area (Å²) in [6.07, 6.45) is 2.73. The number of hydrogen-bond acceptors (Lipinski definition) is 3. The lowest BCUT2D eigenvalue weighted by atomic mass is 9.95. The van der Waals surface area contributed by atoms with E-state index in [0.29, 0.717) is 19.5 Å². The lowest BCUT2D eigenvalue weighted by Crippen LogP contribution is -2.35. The highest BCUT2D eigenvalue weighted by molar-refractivity contribution is 5.96. The van der Waals surface area contributed by atoms with E-state index in [1.807, 2.05) is 90.7 Å². The zero-order chi connectivity index (χ0) is 25.6. The van der Waals surface area contributed by atoms with Crippen molar-refractivity contribution in [3.63, 3.8) is 0 Å². The average molecular weight is 493 g/mol. The molecule has 0 saturated heterocycles. The summed E-state index contributed by atoms with van der Waals surface area (Å²) in [6.45, 7) is 3.29. The minimum atomic E-state index is -0.184. The number of carbonyl (C=O) groups excluding carboxylic acids is 2. The topological polar surface area (TPSA) is 62.6 Å². The molecule has 0 aliphatic carbocycles. The molecule has 1 atom stereocenters. The van der Waals surface area contributed by atoms with Gasteiger partial charge in [0.2, 0.25) is 11.8 Å². The lowest BCUT2D eigenvalue weighted by molar-refractivity contribution is -0.132. The quantitative estimate of drug-likeness (QED) is 0.302. The molecule has 2 amide bonds. The normalized spacial score (nSPS) is 13.6. The van der Waals surface area contributed by atoms with Crippen molar-refractivity contribution in [1.29, 1.82) is 0 Å². The van der Waals surface area contributed by atoms with Gasteiger partial charge in [-0.3, -0.25) is 9.59 Å². The summed E-state index contributed by atoms with van der Waals surface area (Å²) in [6, 6.07) is 29.8. The molecule has 1 unspecified atom stereocenters. The maximum absolute atomic E-state index is 12.9. The van der Waals surface area contributed by atoms with Crippen LogP contribution in [0.3, 0.4) is 0 Å². The number of nitrogens with one attached hydrogen (secondary N) is 1. The zero-order valence-corrected chi connectivity index (χ0v) is 21.2. The number of rotatable bonds is 8. The first-order valence-corrected chi connectivity index (χ1v) is 13.0. The minimum Gasteiger partial charge on any atom is -0.461 e. The van der Waals surface area contributed by atoms with Crippen LogP contribution < -0.4 is 5.32 Å². The first-order valence-electron chi connectivity index (χ1n) is 13.0. The third-order valence-corrected chi connectivity index (χ3v) is 7.05. The van der Waals surface area contributed by atoms with Gasteiger partial charge in [0.15, 0.2) is 0 Å². The van der Waals surface area contributed by atoms with E-state index in [0.717, 1.165) is 53.2 Å². The van der Waals surface area contributed by atoms with E-state index in [1.165, 1.54) is 5.56 Å². The van der Waals surface area contributed by atoms with E-state index >= 15 is 0 Å². The fourth-order valence-electron chi connectivity index (χ4n) is 4.95. The third kappa shape index (κ3) is 5.83. The fourth-order valence-corrected chi connectivity index (χ4v) is 4.95. The molecule has 0 spiro atoms. The van der Waals surface area contributed by atoms with E-state index < -0.39 is 0 Å². The number of anilines is 1. The van der Waals surface area contributed by atoms with E-state index in [9.17, 15) is 9.59 Å².